The minimum Gasteiger partial charge on any atom is -0.481 e. The highest BCUT2D eigenvalue weighted by molar-refractivity contribution is 5.78. The van der Waals surface area contributed by atoms with Crippen LogP contribution in [0.5, 0.6) is 0 Å². The van der Waals surface area contributed by atoms with Crippen LogP contribution in [-0.4, -0.2) is 73.5 Å². The van der Waals surface area contributed by atoms with E-state index in [1.807, 2.05) is 0 Å². The van der Waals surface area contributed by atoms with Crippen molar-refractivity contribution in [1.82, 2.24) is 10.2 Å². The Balaban J connectivity index is 3.63. The molecule has 0 bridgehead atoms. The van der Waals surface area contributed by atoms with Crippen molar-refractivity contribution in [2.45, 2.75) is 18.9 Å². The van der Waals surface area contributed by atoms with Crippen LogP contribution in [0.3, 0.4) is 0 Å². The Hall–Kier alpha value is -1.18. The van der Waals surface area contributed by atoms with Crippen LogP contribution in [0, 0.1) is 0 Å². The average molecular weight is 262 g/mol. The van der Waals surface area contributed by atoms with E-state index in [0.717, 1.165) is 0 Å². The molecule has 7 heteroatoms. The number of hydrogen-bond acceptors (Lipinski definition) is 5. The van der Waals surface area contributed by atoms with E-state index in [0.29, 0.717) is 19.5 Å². The van der Waals surface area contributed by atoms with Crippen LogP contribution in [0.4, 0.5) is 0 Å². The van der Waals surface area contributed by atoms with Crippen molar-refractivity contribution in [2.75, 3.05) is 40.4 Å². The molecule has 0 radical (unpaired) electrons. The topological polar surface area (TPSA) is 99.1 Å². The molecule has 7 nitrogen and oxygen atoms in total. The third-order valence-corrected chi connectivity index (χ3v) is 2.18. The van der Waals surface area contributed by atoms with Gasteiger partial charge in [0.25, 0.3) is 0 Å². The smallest absolute Gasteiger partial charge is 0.303 e. The van der Waals surface area contributed by atoms with Gasteiger partial charge >= 0.3 is 5.97 Å². The van der Waals surface area contributed by atoms with E-state index in [-0.39, 0.29) is 25.5 Å². The number of aliphatic carboxylic acids is 1. The van der Waals surface area contributed by atoms with Crippen LogP contribution in [0.25, 0.3) is 0 Å². The molecule has 0 fully saturated rings. The Bertz CT molecular complexity index is 260. The summed E-state index contributed by atoms with van der Waals surface area (Å²) < 4.78 is 4.78. The molecule has 0 heterocycles. The molecular weight excluding hydrogens is 240 g/mol. The van der Waals surface area contributed by atoms with Crippen LogP contribution >= 0.6 is 0 Å². The van der Waals surface area contributed by atoms with Crippen molar-refractivity contribution >= 4 is 11.9 Å². The molecule has 0 rings (SSSR count). The van der Waals surface area contributed by atoms with Crippen molar-refractivity contribution in [1.29, 1.82) is 0 Å². The summed E-state index contributed by atoms with van der Waals surface area (Å²) in [7, 11) is 3.22. The molecule has 0 aromatic heterocycles. The van der Waals surface area contributed by atoms with Crippen molar-refractivity contribution in [2.24, 2.45) is 0 Å². The molecule has 106 valence electrons. The van der Waals surface area contributed by atoms with Gasteiger partial charge in [-0.05, 0) is 13.5 Å². The maximum Gasteiger partial charge on any atom is 0.303 e. The summed E-state index contributed by atoms with van der Waals surface area (Å²) in [5.41, 5.74) is 0. The fourth-order valence-corrected chi connectivity index (χ4v) is 1.44. The number of aliphatic hydroxyl groups is 1. The Kier molecular flexibility index (Phi) is 9.17. The van der Waals surface area contributed by atoms with Crippen molar-refractivity contribution in [3.63, 3.8) is 0 Å². The van der Waals surface area contributed by atoms with Gasteiger partial charge in [-0.2, -0.15) is 0 Å². The van der Waals surface area contributed by atoms with E-state index in [4.69, 9.17) is 9.84 Å². The van der Waals surface area contributed by atoms with Crippen molar-refractivity contribution < 1.29 is 24.5 Å². The number of rotatable bonds is 10. The molecule has 0 aliphatic carbocycles. The lowest BCUT2D eigenvalue weighted by atomic mass is 10.3. The number of likely N-dealkylation sites (N-methyl/N-ethyl adjacent to an activating group) is 1. The molecular formula is C11H22N2O5. The first-order valence-corrected chi connectivity index (χ1v) is 5.79. The second kappa shape index (κ2) is 9.81. The van der Waals surface area contributed by atoms with E-state index in [9.17, 15) is 14.7 Å². The molecule has 18 heavy (non-hydrogen) atoms. The first-order chi connectivity index (χ1) is 8.45. The summed E-state index contributed by atoms with van der Waals surface area (Å²) in [6.07, 6.45) is -0.167. The molecule has 1 unspecified atom stereocenters. The number of ether oxygens (including phenoxy) is 1. The van der Waals surface area contributed by atoms with Gasteiger partial charge in [-0.1, -0.05) is 0 Å². The van der Waals surface area contributed by atoms with Gasteiger partial charge in [0.1, 0.15) is 0 Å². The number of nitrogens with zero attached hydrogens (tertiary/aromatic N) is 1. The monoisotopic (exact) mass is 262 g/mol. The number of nitrogens with one attached hydrogen (secondary N) is 1. The number of methoxy groups -OCH3 is 1. The number of carboxylic acid groups (broad SMARTS) is 1. The number of amides is 1. The molecule has 0 aliphatic rings. The van der Waals surface area contributed by atoms with Crippen molar-refractivity contribution in [3.05, 3.63) is 0 Å². The third-order valence-electron chi connectivity index (χ3n) is 2.18. The Labute approximate surface area is 107 Å². The largest absolute Gasteiger partial charge is 0.481 e. The van der Waals surface area contributed by atoms with E-state index in [1.165, 1.54) is 7.11 Å². The minimum atomic E-state index is -0.871. The number of carboxylic acids is 1. The summed E-state index contributed by atoms with van der Waals surface area (Å²) in [5, 5.41) is 20.5. The zero-order valence-corrected chi connectivity index (χ0v) is 10.9. The summed E-state index contributed by atoms with van der Waals surface area (Å²) in [6.45, 7) is 1.08. The predicted molar refractivity (Wildman–Crippen MR) is 65.3 cm³/mol. The standard InChI is InChI=1S/C11H22N2O5/c1-13(6-9(14)8-18-2)7-10(15)12-5-3-4-11(16)17/h9,14H,3-8H2,1-2H3,(H,12,15)(H,16,17). The van der Waals surface area contributed by atoms with Gasteiger partial charge in [0.05, 0.1) is 19.3 Å². The van der Waals surface area contributed by atoms with Crippen LogP contribution in [0.15, 0.2) is 0 Å². The van der Waals surface area contributed by atoms with Crippen LogP contribution in [-0.2, 0) is 14.3 Å². The highest BCUT2D eigenvalue weighted by Crippen LogP contribution is 1.91. The quantitative estimate of drug-likeness (QED) is 0.433. The number of hydrogen-bond donors (Lipinski definition) is 3. The molecule has 0 saturated carbocycles. The maximum atomic E-state index is 11.4. The third kappa shape index (κ3) is 10.0. The normalized spacial score (nSPS) is 12.4. The van der Waals surface area contributed by atoms with E-state index in [2.05, 4.69) is 5.32 Å². The minimum absolute atomic E-state index is 0.0443. The lowest BCUT2D eigenvalue weighted by Gasteiger charge is -2.19. The molecule has 0 aromatic rings. The Morgan fingerprint density at radius 1 is 1.44 bits per heavy atom. The van der Waals surface area contributed by atoms with Gasteiger partial charge < -0.3 is 20.3 Å². The van der Waals surface area contributed by atoms with Gasteiger partial charge in [-0.25, -0.2) is 0 Å². The summed E-state index contributed by atoms with van der Waals surface area (Å²) in [6, 6.07) is 0. The van der Waals surface area contributed by atoms with Gasteiger partial charge in [0.15, 0.2) is 0 Å². The fraction of sp³-hybridized carbons (Fsp3) is 0.818. The number of aliphatic hydroxyl groups excluding tert-OH is 1. The van der Waals surface area contributed by atoms with Crippen molar-refractivity contribution in [3.8, 4) is 0 Å². The second-order valence-electron chi connectivity index (χ2n) is 4.15. The number of carbonyl (C=O) groups is 2. The second-order valence-corrected chi connectivity index (χ2v) is 4.15. The summed E-state index contributed by atoms with van der Waals surface area (Å²) in [5.74, 6) is -1.06. The zero-order valence-electron chi connectivity index (χ0n) is 10.9. The van der Waals surface area contributed by atoms with Crippen LogP contribution in [0.1, 0.15) is 12.8 Å². The first kappa shape index (κ1) is 16.8. The Morgan fingerprint density at radius 2 is 2.11 bits per heavy atom. The zero-order chi connectivity index (χ0) is 14.0. The lowest BCUT2D eigenvalue weighted by Crippen LogP contribution is -2.40. The molecule has 0 aliphatic heterocycles. The number of carbonyl (C=O) groups excluding carboxylic acids is 1. The molecule has 3 N–H and O–H groups in total. The van der Waals surface area contributed by atoms with Gasteiger partial charge in [0, 0.05) is 26.6 Å². The SMILES string of the molecule is COCC(O)CN(C)CC(=O)NCCCC(=O)O. The molecule has 1 atom stereocenters. The Morgan fingerprint density at radius 3 is 2.67 bits per heavy atom. The van der Waals surface area contributed by atoms with E-state index < -0.39 is 12.1 Å². The van der Waals surface area contributed by atoms with Gasteiger partial charge in [0.2, 0.25) is 5.91 Å². The van der Waals surface area contributed by atoms with E-state index in [1.54, 1.807) is 11.9 Å². The molecule has 0 spiro atoms. The lowest BCUT2D eigenvalue weighted by molar-refractivity contribution is -0.137. The molecule has 0 saturated heterocycles. The predicted octanol–water partition coefficient (Wildman–Crippen LogP) is -1.09. The van der Waals surface area contributed by atoms with Gasteiger partial charge in [-0.3, -0.25) is 14.5 Å². The maximum absolute atomic E-state index is 11.4. The fourth-order valence-electron chi connectivity index (χ4n) is 1.44. The van der Waals surface area contributed by atoms with E-state index >= 15 is 0 Å². The highest BCUT2D eigenvalue weighted by Gasteiger charge is 2.11. The molecule has 1 amide bonds. The average Bonchev–Trinajstić information content (AvgIpc) is 2.24. The molecule has 0 aromatic carbocycles. The first-order valence-electron chi connectivity index (χ1n) is 5.79. The summed E-state index contributed by atoms with van der Waals surface area (Å²) >= 11 is 0. The van der Waals surface area contributed by atoms with Crippen LogP contribution < -0.4 is 5.32 Å². The highest BCUT2D eigenvalue weighted by atomic mass is 16.5. The van der Waals surface area contributed by atoms with Gasteiger partial charge in [-0.15, -0.1) is 0 Å². The summed E-state index contributed by atoms with van der Waals surface area (Å²) in [4.78, 5) is 23.3. The van der Waals surface area contributed by atoms with Crippen LogP contribution in [0.2, 0.25) is 0 Å².